The standard InChI is InChI=1S/2C41H47N3O14S2/c1-26-11-14-30-34(23-26)57-35-25-27(33(9-8-22-60(54,55)56)42-19-6-7-21-59(51,52)53)12-16-31(35)39(30)32-24-28(13-15-29(32)41(49)50)40(48)43-20-5-3-2-4-10-38(47)58-44-36(45)17-18-37(44)46;1-26-11-14-30-34(23-26)57-35-25-27(33(9-8-22-60(54,55)56)42-19-6-7-21-59(51,52)53)12-16-31(35)39(30)29-15-13-28(24-32(29)41(49)50)40(48)43-20-5-3-2-4-10-38(47)58-44-36(45)17-18-37(44)46/h2*11-16,23-25,33,42H,1-10,17-22H2,(H,43,48)(H,49,50)(H,51,52,53)(H,54,55,56)/p-2. The van der Waals surface area contributed by atoms with Crippen LogP contribution in [0.4, 0.5) is 0 Å². The number of carbonyl (C=O) groups is 10. The predicted octanol–water partition coefficient (Wildman–Crippen LogP) is 4.14. The molecule has 0 saturated carbocycles. The second-order valence-electron chi connectivity index (χ2n) is 29.0. The van der Waals surface area contributed by atoms with Gasteiger partial charge < -0.3 is 60.2 Å². The summed E-state index contributed by atoms with van der Waals surface area (Å²) in [5, 5.41) is 40.7. The molecule has 0 radical (unpaired) electrons. The van der Waals surface area contributed by atoms with Gasteiger partial charge in [-0.1, -0.05) is 99.5 Å². The lowest BCUT2D eigenvalue weighted by Gasteiger charge is -2.26. The van der Waals surface area contributed by atoms with E-state index in [0.29, 0.717) is 165 Å². The molecule has 6 aromatic carbocycles. The number of rotatable bonds is 44. The van der Waals surface area contributed by atoms with E-state index in [4.69, 9.17) is 28.3 Å². The highest BCUT2D eigenvalue weighted by Crippen LogP contribution is 2.42. The van der Waals surface area contributed by atoms with Gasteiger partial charge in [0, 0.05) is 119 Å². The van der Waals surface area contributed by atoms with Crippen LogP contribution in [0.3, 0.4) is 0 Å². The lowest BCUT2D eigenvalue weighted by molar-refractivity contribution is -0.256. The largest absolute Gasteiger partial charge is 0.545 e. The summed E-state index contributed by atoms with van der Waals surface area (Å²) in [5.41, 5.74) is 3.47. The Morgan fingerprint density at radius 3 is 1.18 bits per heavy atom. The lowest BCUT2D eigenvalue weighted by Crippen LogP contribution is -2.31. The number of carboxylic acids is 2. The molecule has 4 aliphatic rings. The molecule has 38 heteroatoms. The Balaban J connectivity index is 0.000000273. The molecule has 8 N–H and O–H groups in total. The molecule has 6 aromatic rings. The van der Waals surface area contributed by atoms with Gasteiger partial charge in [-0.3, -0.25) is 47.0 Å². The van der Waals surface area contributed by atoms with Crippen LogP contribution >= 0.6 is 0 Å². The van der Waals surface area contributed by atoms with E-state index < -0.39 is 135 Å². The number of carboxylic acid groups (broad SMARTS) is 2. The van der Waals surface area contributed by atoms with Crippen molar-refractivity contribution < 1.29 is 129 Å². The summed E-state index contributed by atoms with van der Waals surface area (Å²) in [4.78, 5) is 132. The van der Waals surface area contributed by atoms with Crippen LogP contribution in [-0.4, -0.2) is 171 Å². The third-order valence-electron chi connectivity index (χ3n) is 19.8. The quantitative estimate of drug-likeness (QED) is 0.0151. The first-order valence-corrected chi connectivity index (χ1v) is 45.2. The number of ether oxygens (including phenoxy) is 2. The van der Waals surface area contributed by atoms with E-state index >= 15 is 0 Å². The van der Waals surface area contributed by atoms with Gasteiger partial charge >= 0.3 is 11.9 Å². The molecule has 0 spiro atoms. The van der Waals surface area contributed by atoms with Crippen molar-refractivity contribution in [2.24, 2.45) is 0 Å². The Morgan fingerprint density at radius 1 is 0.400 bits per heavy atom. The summed E-state index contributed by atoms with van der Waals surface area (Å²) in [6.07, 6.45) is 6.40. The molecular formula is C82H92N6O28S4-2. The zero-order valence-electron chi connectivity index (χ0n) is 65.3. The number of nitrogens with one attached hydrogen (secondary N) is 4. The maximum absolute atomic E-state index is 13.4. The van der Waals surface area contributed by atoms with Gasteiger partial charge in [-0.05, 0) is 171 Å². The van der Waals surface area contributed by atoms with Crippen LogP contribution in [0.25, 0.3) is 24.3 Å². The molecule has 34 nitrogen and oxygen atoms in total. The maximum atomic E-state index is 13.4. The Bertz CT molecular complexity index is 5630. The maximum Gasteiger partial charge on any atom is 0.333 e. The van der Waals surface area contributed by atoms with Crippen LogP contribution in [0.15, 0.2) is 109 Å². The van der Waals surface area contributed by atoms with E-state index in [1.165, 1.54) is 36.4 Å². The SMILES string of the molecule is C=c1ccc2c(c1)Oc1cc(C(CCCS(=O)(=O)O)NCCCCS(=O)(=O)O)ccc1C=2c1cc(C(=O)NCCCCCCC(=O)ON2C(=O)CCC2=O)ccc1C(=O)[O-].C=c1ccc2c(c1)Oc1cc(C(CCCS(=O)(=O)O)NCCCCS(=O)(=O)O)ccc1C=2c1ccc(C(=O)NCCCCCCC(=O)ON2C(=O)CCC2=O)cc1C(=O)[O-]. The Hall–Kier alpha value is -10.9. The topological polar surface area (TPSA) is 526 Å². The van der Waals surface area contributed by atoms with Crippen LogP contribution in [0.2, 0.25) is 0 Å². The minimum absolute atomic E-state index is 0.0107. The minimum atomic E-state index is -4.25. The number of carbonyl (C=O) groups excluding carboxylic acids is 10. The zero-order valence-corrected chi connectivity index (χ0v) is 68.6. The molecule has 0 bridgehead atoms. The van der Waals surface area contributed by atoms with E-state index in [0.717, 1.165) is 0 Å². The molecule has 644 valence electrons. The number of unbranched alkanes of at least 4 members (excludes halogenated alkanes) is 8. The van der Waals surface area contributed by atoms with Gasteiger partial charge in [0.05, 0.1) is 35.0 Å². The molecule has 2 saturated heterocycles. The third-order valence-corrected chi connectivity index (χ3v) is 23.0. The first-order valence-electron chi connectivity index (χ1n) is 38.8. The fraction of sp³-hybridized carbons (Fsp3) is 0.390. The van der Waals surface area contributed by atoms with Crippen molar-refractivity contribution in [3.05, 3.63) is 186 Å². The van der Waals surface area contributed by atoms with Gasteiger partial charge in [0.15, 0.2) is 0 Å². The predicted molar refractivity (Wildman–Crippen MR) is 430 cm³/mol. The molecule has 2 atom stereocenters. The minimum Gasteiger partial charge on any atom is -0.545 e. The fourth-order valence-corrected chi connectivity index (χ4v) is 16.1. The molecule has 2 fully saturated rings. The first-order chi connectivity index (χ1) is 56.8. The lowest BCUT2D eigenvalue weighted by atomic mass is 9.87. The van der Waals surface area contributed by atoms with Crippen molar-refractivity contribution >= 4 is 124 Å². The van der Waals surface area contributed by atoms with Crippen molar-refractivity contribution in [2.45, 2.75) is 153 Å². The molecule has 0 aromatic heterocycles. The highest BCUT2D eigenvalue weighted by molar-refractivity contribution is 7.86. The van der Waals surface area contributed by atoms with Crippen LogP contribution in [0.1, 0.15) is 228 Å². The van der Waals surface area contributed by atoms with Crippen molar-refractivity contribution in [2.75, 3.05) is 49.2 Å². The summed E-state index contributed by atoms with van der Waals surface area (Å²) in [6.45, 7) is 9.15. The third kappa shape index (κ3) is 27.6. The van der Waals surface area contributed by atoms with E-state index in [1.807, 2.05) is 0 Å². The van der Waals surface area contributed by atoms with Crippen LogP contribution in [0, 0.1) is 0 Å². The second kappa shape index (κ2) is 42.3. The first kappa shape index (κ1) is 92.9. The molecule has 0 aliphatic carbocycles. The smallest absolute Gasteiger partial charge is 0.333 e. The molecule has 6 amide bonds. The Kier molecular flexibility index (Phi) is 32.8. The van der Waals surface area contributed by atoms with Crippen LogP contribution < -0.4 is 61.8 Å². The number of benzene rings is 6. The number of hydroxylamine groups is 4. The Morgan fingerprint density at radius 2 is 0.767 bits per heavy atom. The number of fused-ring (bicyclic) bond motifs is 4. The Labute approximate surface area is 692 Å². The van der Waals surface area contributed by atoms with Crippen LogP contribution in [-0.2, 0) is 78.9 Å². The number of aromatic carboxylic acids is 2. The molecule has 10 rings (SSSR count). The van der Waals surface area contributed by atoms with E-state index in [1.54, 1.807) is 72.8 Å². The normalized spacial score (nSPS) is 14.3. The van der Waals surface area contributed by atoms with Gasteiger partial charge in [-0.15, -0.1) is 10.1 Å². The van der Waals surface area contributed by atoms with Crippen molar-refractivity contribution in [1.82, 2.24) is 31.4 Å². The summed E-state index contributed by atoms with van der Waals surface area (Å²) >= 11 is 0. The zero-order chi connectivity index (χ0) is 87.2. The summed E-state index contributed by atoms with van der Waals surface area (Å²) in [5.74, 6) is -7.95. The van der Waals surface area contributed by atoms with Gasteiger partial charge in [0.2, 0.25) is 0 Å². The number of nitrogens with zero attached hydrogens (tertiary/aromatic N) is 2. The summed E-state index contributed by atoms with van der Waals surface area (Å²) < 4.78 is 140. The number of hydrogen-bond donors (Lipinski definition) is 8. The van der Waals surface area contributed by atoms with Crippen LogP contribution in [0.5, 0.6) is 23.0 Å². The highest BCUT2D eigenvalue weighted by atomic mass is 32.2. The summed E-state index contributed by atoms with van der Waals surface area (Å²) in [6, 6.07) is 28.1. The fourth-order valence-electron chi connectivity index (χ4n) is 13.9. The van der Waals surface area contributed by atoms with Gasteiger partial charge in [-0.25, -0.2) is 9.59 Å². The van der Waals surface area contributed by atoms with E-state index in [9.17, 15) is 101 Å². The monoisotopic (exact) mass is 1740 g/mol. The van der Waals surface area contributed by atoms with Crippen molar-refractivity contribution in [1.29, 1.82) is 0 Å². The highest BCUT2D eigenvalue weighted by Gasteiger charge is 2.35. The molecule has 4 aliphatic heterocycles. The van der Waals surface area contributed by atoms with E-state index in [-0.39, 0.29) is 124 Å². The molecular weight excluding hydrogens is 1650 g/mol. The molecule has 120 heavy (non-hydrogen) atoms. The van der Waals surface area contributed by atoms with Crippen molar-refractivity contribution in [3.63, 3.8) is 0 Å². The van der Waals surface area contributed by atoms with Gasteiger partial charge in [0.25, 0.3) is 75.9 Å². The summed E-state index contributed by atoms with van der Waals surface area (Å²) in [7, 11) is -16.8. The number of amides is 6. The second-order valence-corrected chi connectivity index (χ2v) is 35.3. The van der Waals surface area contributed by atoms with E-state index in [2.05, 4.69) is 34.4 Å². The molecule has 2 unspecified atom stereocenters. The van der Waals surface area contributed by atoms with Gasteiger partial charge in [0.1, 0.15) is 23.0 Å². The molecule has 4 heterocycles. The van der Waals surface area contributed by atoms with Gasteiger partial charge in [-0.2, -0.15) is 33.7 Å². The number of hydrogen-bond acceptors (Lipinski definition) is 26. The van der Waals surface area contributed by atoms with Crippen molar-refractivity contribution in [3.8, 4) is 23.0 Å². The average Bonchev–Trinajstić information content (AvgIpc) is 0.915. The number of imide groups is 2. The average molecular weight is 1740 g/mol.